The number of amides is 1. The third-order valence-electron chi connectivity index (χ3n) is 5.05. The van der Waals surface area contributed by atoms with Crippen molar-refractivity contribution >= 4 is 5.91 Å². The van der Waals surface area contributed by atoms with Crippen LogP contribution in [0.2, 0.25) is 0 Å². The van der Waals surface area contributed by atoms with Gasteiger partial charge in [0.15, 0.2) is 0 Å². The maximum Gasteiger partial charge on any atom is 0.227 e. The summed E-state index contributed by atoms with van der Waals surface area (Å²) in [5.74, 6) is 0.979. The van der Waals surface area contributed by atoms with Gasteiger partial charge >= 0.3 is 0 Å². The average molecular weight is 367 g/mol. The van der Waals surface area contributed by atoms with Gasteiger partial charge in [0, 0.05) is 31.0 Å². The van der Waals surface area contributed by atoms with Crippen LogP contribution in [-0.4, -0.2) is 41.5 Å². The van der Waals surface area contributed by atoms with Gasteiger partial charge in [-0.15, -0.1) is 0 Å². The lowest BCUT2D eigenvalue weighted by Gasteiger charge is -2.36. The van der Waals surface area contributed by atoms with Gasteiger partial charge in [0.2, 0.25) is 5.91 Å². The lowest BCUT2D eigenvalue weighted by Crippen LogP contribution is -2.44. The lowest BCUT2D eigenvalue weighted by molar-refractivity contribution is -0.134. The van der Waals surface area contributed by atoms with Crippen LogP contribution in [0.25, 0.3) is 0 Å². The molecule has 5 nitrogen and oxygen atoms in total. The normalized spacial score (nSPS) is 16.9. The molecule has 1 aromatic heterocycles. The van der Waals surface area contributed by atoms with E-state index in [0.717, 1.165) is 49.2 Å². The molecule has 0 aliphatic carbocycles. The molecular weight excluding hydrogens is 338 g/mol. The number of aryl methyl sites for hydroxylation is 1. The van der Waals surface area contributed by atoms with Crippen molar-refractivity contribution in [3.05, 3.63) is 59.9 Å². The quantitative estimate of drug-likeness (QED) is 0.779. The standard InChI is InChI=1S/C22H29N3O2/c23-12-15-27-21-9-5-6-18(16-21)17-22(26)25-14-4-2-8-20(25)11-10-19-7-1-3-13-24-19/h1,3,5-7,9,13,16,20H,2,4,8,10-12,14-15,17,23H2. The van der Waals surface area contributed by atoms with Crippen molar-refractivity contribution in [3.8, 4) is 5.75 Å². The highest BCUT2D eigenvalue weighted by atomic mass is 16.5. The highest BCUT2D eigenvalue weighted by Gasteiger charge is 2.26. The number of nitrogens with zero attached hydrogens (tertiary/aromatic N) is 2. The molecule has 27 heavy (non-hydrogen) atoms. The third kappa shape index (κ3) is 5.79. The molecule has 1 atom stereocenters. The highest BCUT2D eigenvalue weighted by Crippen LogP contribution is 2.23. The van der Waals surface area contributed by atoms with Gasteiger partial charge in [-0.1, -0.05) is 18.2 Å². The number of benzene rings is 1. The number of ether oxygens (including phenoxy) is 1. The third-order valence-corrected chi connectivity index (χ3v) is 5.05. The maximum absolute atomic E-state index is 13.0. The zero-order chi connectivity index (χ0) is 18.9. The van der Waals surface area contributed by atoms with Gasteiger partial charge < -0.3 is 15.4 Å². The van der Waals surface area contributed by atoms with Crippen molar-refractivity contribution in [3.63, 3.8) is 0 Å². The Balaban J connectivity index is 1.59. The number of hydrogen-bond donors (Lipinski definition) is 1. The molecule has 1 unspecified atom stereocenters. The number of carbonyl (C=O) groups excluding carboxylic acids is 1. The zero-order valence-electron chi connectivity index (χ0n) is 15.8. The van der Waals surface area contributed by atoms with Crippen molar-refractivity contribution in [2.24, 2.45) is 5.73 Å². The van der Waals surface area contributed by atoms with Crippen molar-refractivity contribution < 1.29 is 9.53 Å². The van der Waals surface area contributed by atoms with E-state index in [4.69, 9.17) is 10.5 Å². The van der Waals surface area contributed by atoms with E-state index >= 15 is 0 Å². The van der Waals surface area contributed by atoms with Gasteiger partial charge in [-0.25, -0.2) is 0 Å². The van der Waals surface area contributed by atoms with Crippen LogP contribution in [0, 0.1) is 0 Å². The zero-order valence-corrected chi connectivity index (χ0v) is 15.8. The molecule has 1 fully saturated rings. The molecule has 1 aromatic carbocycles. The van der Waals surface area contributed by atoms with Gasteiger partial charge in [0.25, 0.3) is 0 Å². The summed E-state index contributed by atoms with van der Waals surface area (Å²) >= 11 is 0. The predicted octanol–water partition coefficient (Wildman–Crippen LogP) is 2.98. The summed E-state index contributed by atoms with van der Waals surface area (Å²) in [6.07, 6.45) is 7.50. The Labute approximate surface area is 161 Å². The number of nitrogens with two attached hydrogens (primary N) is 1. The summed E-state index contributed by atoms with van der Waals surface area (Å²) in [5.41, 5.74) is 7.58. The molecular formula is C22H29N3O2. The number of likely N-dealkylation sites (tertiary alicyclic amines) is 1. The fourth-order valence-corrected chi connectivity index (χ4v) is 3.69. The molecule has 0 bridgehead atoms. The molecule has 2 N–H and O–H groups in total. The van der Waals surface area contributed by atoms with Crippen LogP contribution < -0.4 is 10.5 Å². The van der Waals surface area contributed by atoms with Gasteiger partial charge in [-0.3, -0.25) is 9.78 Å². The van der Waals surface area contributed by atoms with Crippen LogP contribution in [0.15, 0.2) is 48.7 Å². The second kappa shape index (κ2) is 10.1. The van der Waals surface area contributed by atoms with Crippen molar-refractivity contribution in [1.29, 1.82) is 0 Å². The molecule has 1 amide bonds. The van der Waals surface area contributed by atoms with E-state index in [0.29, 0.717) is 25.6 Å². The average Bonchev–Trinajstić information content (AvgIpc) is 2.72. The number of carbonyl (C=O) groups is 1. The van der Waals surface area contributed by atoms with Crippen molar-refractivity contribution in [1.82, 2.24) is 9.88 Å². The molecule has 0 saturated carbocycles. The smallest absolute Gasteiger partial charge is 0.227 e. The number of aromatic nitrogens is 1. The Morgan fingerprint density at radius 1 is 1.22 bits per heavy atom. The Morgan fingerprint density at radius 3 is 2.96 bits per heavy atom. The van der Waals surface area contributed by atoms with E-state index in [-0.39, 0.29) is 5.91 Å². The van der Waals surface area contributed by atoms with Gasteiger partial charge in [0.1, 0.15) is 12.4 Å². The Kier molecular flexibility index (Phi) is 7.22. The van der Waals surface area contributed by atoms with Crippen molar-refractivity contribution in [2.75, 3.05) is 19.7 Å². The van der Waals surface area contributed by atoms with E-state index in [2.05, 4.69) is 16.0 Å². The Hall–Kier alpha value is -2.40. The fraction of sp³-hybridized carbons (Fsp3) is 0.455. The molecule has 3 rings (SSSR count). The minimum absolute atomic E-state index is 0.205. The largest absolute Gasteiger partial charge is 0.492 e. The molecule has 144 valence electrons. The van der Waals surface area contributed by atoms with E-state index in [1.54, 1.807) is 0 Å². The SMILES string of the molecule is NCCOc1cccc(CC(=O)N2CCCCC2CCc2ccccn2)c1. The van der Waals surface area contributed by atoms with Gasteiger partial charge in [0.05, 0.1) is 6.42 Å². The number of hydrogen-bond acceptors (Lipinski definition) is 4. The first-order valence-electron chi connectivity index (χ1n) is 9.87. The Bertz CT molecular complexity index is 721. The predicted molar refractivity (Wildman–Crippen MR) is 107 cm³/mol. The van der Waals surface area contributed by atoms with Crippen LogP contribution >= 0.6 is 0 Å². The molecule has 1 aliphatic heterocycles. The minimum Gasteiger partial charge on any atom is -0.492 e. The monoisotopic (exact) mass is 367 g/mol. The summed E-state index contributed by atoms with van der Waals surface area (Å²) in [5, 5.41) is 0. The van der Waals surface area contributed by atoms with E-state index < -0.39 is 0 Å². The molecule has 2 heterocycles. The maximum atomic E-state index is 13.0. The molecule has 1 saturated heterocycles. The summed E-state index contributed by atoms with van der Waals surface area (Å²) in [7, 11) is 0. The first-order chi connectivity index (χ1) is 13.3. The number of piperidine rings is 1. The Morgan fingerprint density at radius 2 is 2.15 bits per heavy atom. The van der Waals surface area contributed by atoms with E-state index in [9.17, 15) is 4.79 Å². The van der Waals surface area contributed by atoms with Crippen LogP contribution in [-0.2, 0) is 17.6 Å². The van der Waals surface area contributed by atoms with E-state index in [1.165, 1.54) is 6.42 Å². The summed E-state index contributed by atoms with van der Waals surface area (Å²) < 4.78 is 5.57. The summed E-state index contributed by atoms with van der Waals surface area (Å²) in [6.45, 7) is 1.82. The van der Waals surface area contributed by atoms with Crippen LogP contribution in [0.5, 0.6) is 5.75 Å². The minimum atomic E-state index is 0.205. The summed E-state index contributed by atoms with van der Waals surface area (Å²) in [4.78, 5) is 19.5. The molecule has 5 heteroatoms. The van der Waals surface area contributed by atoms with Crippen LogP contribution in [0.3, 0.4) is 0 Å². The van der Waals surface area contributed by atoms with E-state index in [1.807, 2.05) is 42.6 Å². The van der Waals surface area contributed by atoms with Gasteiger partial charge in [-0.2, -0.15) is 0 Å². The second-order valence-electron chi connectivity index (χ2n) is 7.06. The first kappa shape index (κ1) is 19.4. The van der Waals surface area contributed by atoms with Crippen LogP contribution in [0.4, 0.5) is 0 Å². The number of rotatable bonds is 8. The number of pyridine rings is 1. The van der Waals surface area contributed by atoms with Crippen LogP contribution in [0.1, 0.15) is 36.9 Å². The lowest BCUT2D eigenvalue weighted by atomic mass is 9.96. The summed E-state index contributed by atoms with van der Waals surface area (Å²) in [6, 6.07) is 14.1. The molecule has 2 aromatic rings. The topological polar surface area (TPSA) is 68.5 Å². The first-order valence-corrected chi connectivity index (χ1v) is 9.87. The second-order valence-corrected chi connectivity index (χ2v) is 7.06. The highest BCUT2D eigenvalue weighted by molar-refractivity contribution is 5.79. The molecule has 0 spiro atoms. The fourth-order valence-electron chi connectivity index (χ4n) is 3.69. The molecule has 0 radical (unpaired) electrons. The molecule has 1 aliphatic rings. The van der Waals surface area contributed by atoms with Crippen molar-refractivity contribution in [2.45, 2.75) is 44.6 Å². The van der Waals surface area contributed by atoms with Gasteiger partial charge in [-0.05, 0) is 61.9 Å².